The Morgan fingerprint density at radius 1 is 1.10 bits per heavy atom. The van der Waals surface area contributed by atoms with Crippen molar-refractivity contribution in [1.29, 1.82) is 0 Å². The monoisotopic (exact) mass is 436 g/mol. The van der Waals surface area contributed by atoms with Crippen LogP contribution in [0.15, 0.2) is 47.6 Å². The van der Waals surface area contributed by atoms with Gasteiger partial charge in [0.2, 0.25) is 0 Å². The molecule has 0 saturated heterocycles. The van der Waals surface area contributed by atoms with Crippen LogP contribution in [0.2, 0.25) is 0 Å². The highest BCUT2D eigenvalue weighted by molar-refractivity contribution is 5.93. The number of carbonyl (C=O) groups is 1. The van der Waals surface area contributed by atoms with E-state index in [0.717, 1.165) is 11.6 Å². The molecule has 1 aromatic heterocycles. The number of aromatic nitrogens is 1. The summed E-state index contributed by atoms with van der Waals surface area (Å²) in [5.41, 5.74) is 0.724. The summed E-state index contributed by atoms with van der Waals surface area (Å²) in [6.07, 6.45) is -3.15. The lowest BCUT2D eigenvalue weighted by molar-refractivity contribution is -0.137. The highest BCUT2D eigenvalue weighted by atomic mass is 19.4. The van der Waals surface area contributed by atoms with Gasteiger partial charge >= 0.3 is 6.18 Å². The van der Waals surface area contributed by atoms with Crippen LogP contribution in [0.25, 0.3) is 0 Å². The van der Waals surface area contributed by atoms with Gasteiger partial charge in [0.1, 0.15) is 5.82 Å². The SMILES string of the molecule is CCNC(=NCc1ccc(C(=O)N(C)C)cc1)NCCNc1ncccc1C(F)(F)F. The predicted octanol–water partition coefficient (Wildman–Crippen LogP) is 2.97. The van der Waals surface area contributed by atoms with Crippen molar-refractivity contribution < 1.29 is 18.0 Å². The first-order valence-corrected chi connectivity index (χ1v) is 9.81. The van der Waals surface area contributed by atoms with E-state index in [4.69, 9.17) is 0 Å². The quantitative estimate of drug-likeness (QED) is 0.337. The van der Waals surface area contributed by atoms with E-state index in [-0.39, 0.29) is 18.3 Å². The lowest BCUT2D eigenvalue weighted by Gasteiger charge is -2.15. The molecular formula is C21H27F3N6O. The molecule has 1 aromatic carbocycles. The van der Waals surface area contributed by atoms with E-state index in [9.17, 15) is 18.0 Å². The molecule has 2 aromatic rings. The molecule has 1 amide bonds. The third-order valence-corrected chi connectivity index (χ3v) is 4.19. The van der Waals surface area contributed by atoms with Crippen molar-refractivity contribution >= 4 is 17.7 Å². The summed E-state index contributed by atoms with van der Waals surface area (Å²) >= 11 is 0. The Morgan fingerprint density at radius 3 is 2.42 bits per heavy atom. The Kier molecular flexibility index (Phi) is 8.65. The van der Waals surface area contributed by atoms with E-state index in [1.54, 1.807) is 26.2 Å². The Bertz CT molecular complexity index is 881. The molecule has 10 heteroatoms. The van der Waals surface area contributed by atoms with Gasteiger partial charge in [0.05, 0.1) is 12.1 Å². The molecule has 0 bridgehead atoms. The molecule has 0 fully saturated rings. The van der Waals surface area contributed by atoms with Crippen molar-refractivity contribution in [3.05, 3.63) is 59.3 Å². The van der Waals surface area contributed by atoms with Gasteiger partial charge in [-0.1, -0.05) is 12.1 Å². The van der Waals surface area contributed by atoms with Crippen LogP contribution < -0.4 is 16.0 Å². The van der Waals surface area contributed by atoms with Crippen LogP contribution in [-0.2, 0) is 12.7 Å². The number of halogens is 3. The zero-order chi connectivity index (χ0) is 22.9. The van der Waals surface area contributed by atoms with Crippen molar-refractivity contribution in [2.24, 2.45) is 4.99 Å². The second kappa shape index (κ2) is 11.2. The minimum Gasteiger partial charge on any atom is -0.368 e. The van der Waals surface area contributed by atoms with E-state index in [2.05, 4.69) is 25.9 Å². The number of rotatable bonds is 8. The van der Waals surface area contributed by atoms with Gasteiger partial charge in [-0.15, -0.1) is 0 Å². The molecule has 31 heavy (non-hydrogen) atoms. The fourth-order valence-corrected chi connectivity index (χ4v) is 2.66. The topological polar surface area (TPSA) is 81.7 Å². The minimum atomic E-state index is -4.47. The molecule has 1 heterocycles. The van der Waals surface area contributed by atoms with Crippen LogP contribution in [0.5, 0.6) is 0 Å². The predicted molar refractivity (Wildman–Crippen MR) is 115 cm³/mol. The summed E-state index contributed by atoms with van der Waals surface area (Å²) in [6, 6.07) is 9.43. The fourth-order valence-electron chi connectivity index (χ4n) is 2.66. The summed E-state index contributed by atoms with van der Waals surface area (Å²) in [5, 5.41) is 8.86. The van der Waals surface area contributed by atoms with Crippen molar-refractivity contribution in [2.75, 3.05) is 39.0 Å². The number of nitrogens with one attached hydrogen (secondary N) is 3. The van der Waals surface area contributed by atoms with Crippen molar-refractivity contribution in [3.8, 4) is 0 Å². The number of hydrogen-bond acceptors (Lipinski definition) is 4. The Labute approximate surface area is 179 Å². The third kappa shape index (κ3) is 7.47. The van der Waals surface area contributed by atoms with Gasteiger partial charge in [-0.05, 0) is 36.8 Å². The molecule has 0 atom stereocenters. The average Bonchev–Trinajstić information content (AvgIpc) is 2.74. The number of anilines is 1. The van der Waals surface area contributed by atoms with Crippen LogP contribution in [0.3, 0.4) is 0 Å². The van der Waals surface area contributed by atoms with E-state index < -0.39 is 11.7 Å². The highest BCUT2D eigenvalue weighted by Gasteiger charge is 2.33. The molecule has 0 radical (unpaired) electrons. The standard InChI is InChI=1S/C21H27F3N6O/c1-4-25-20(29-14-15-7-9-16(10-8-15)19(31)30(2)3)28-13-12-27-18-17(21(22,23)24)6-5-11-26-18/h5-11H,4,12-14H2,1-3H3,(H,26,27)(H2,25,28,29). The summed E-state index contributed by atoms with van der Waals surface area (Å²) in [4.78, 5) is 21.7. The Morgan fingerprint density at radius 2 is 1.81 bits per heavy atom. The van der Waals surface area contributed by atoms with Crippen molar-refractivity contribution in [1.82, 2.24) is 20.5 Å². The fraction of sp³-hybridized carbons (Fsp3) is 0.381. The van der Waals surface area contributed by atoms with E-state index in [1.165, 1.54) is 17.2 Å². The van der Waals surface area contributed by atoms with Crippen LogP contribution in [0.4, 0.5) is 19.0 Å². The number of pyridine rings is 1. The number of nitrogens with zero attached hydrogens (tertiary/aromatic N) is 3. The van der Waals surface area contributed by atoms with Gasteiger partial charge in [-0.25, -0.2) is 9.98 Å². The number of hydrogen-bond donors (Lipinski definition) is 3. The number of amides is 1. The summed E-state index contributed by atoms with van der Waals surface area (Å²) < 4.78 is 39.0. The first kappa shape index (κ1) is 24.0. The highest BCUT2D eigenvalue weighted by Crippen LogP contribution is 2.33. The smallest absolute Gasteiger partial charge is 0.368 e. The summed E-state index contributed by atoms with van der Waals surface area (Å²) in [5.74, 6) is 0.264. The third-order valence-electron chi connectivity index (χ3n) is 4.19. The van der Waals surface area contributed by atoms with Crippen LogP contribution in [0, 0.1) is 0 Å². The maximum Gasteiger partial charge on any atom is 0.419 e. The largest absolute Gasteiger partial charge is 0.419 e. The molecule has 0 saturated carbocycles. The molecule has 0 aliphatic rings. The molecule has 0 unspecified atom stereocenters. The zero-order valence-electron chi connectivity index (χ0n) is 17.8. The van der Waals surface area contributed by atoms with Gasteiger partial charge in [-0.3, -0.25) is 4.79 Å². The van der Waals surface area contributed by atoms with Gasteiger partial charge in [0.15, 0.2) is 5.96 Å². The summed E-state index contributed by atoms with van der Waals surface area (Å²) in [7, 11) is 3.39. The zero-order valence-corrected chi connectivity index (χ0v) is 17.8. The van der Waals surface area contributed by atoms with Crippen LogP contribution in [0.1, 0.15) is 28.4 Å². The molecule has 168 valence electrons. The number of aliphatic imine (C=N–C) groups is 1. The first-order chi connectivity index (χ1) is 14.7. The van der Waals surface area contributed by atoms with Crippen LogP contribution in [-0.4, -0.2) is 55.5 Å². The van der Waals surface area contributed by atoms with E-state index >= 15 is 0 Å². The van der Waals surface area contributed by atoms with Crippen molar-refractivity contribution in [3.63, 3.8) is 0 Å². The average molecular weight is 436 g/mol. The Hall–Kier alpha value is -3.30. The normalized spacial score (nSPS) is 11.7. The molecule has 7 nitrogen and oxygen atoms in total. The lowest BCUT2D eigenvalue weighted by Crippen LogP contribution is -2.39. The van der Waals surface area contributed by atoms with Crippen LogP contribution >= 0.6 is 0 Å². The molecule has 0 aliphatic carbocycles. The minimum absolute atomic E-state index is 0.0702. The molecule has 2 rings (SSSR count). The molecular weight excluding hydrogens is 409 g/mol. The number of guanidine groups is 1. The summed E-state index contributed by atoms with van der Waals surface area (Å²) in [6.45, 7) is 3.51. The maximum absolute atomic E-state index is 13.0. The van der Waals surface area contributed by atoms with E-state index in [0.29, 0.717) is 31.2 Å². The molecule has 3 N–H and O–H groups in total. The second-order valence-electron chi connectivity index (χ2n) is 6.84. The molecule has 0 aliphatic heterocycles. The van der Waals surface area contributed by atoms with Crippen molar-refractivity contribution in [2.45, 2.75) is 19.6 Å². The lowest BCUT2D eigenvalue weighted by atomic mass is 10.1. The second-order valence-corrected chi connectivity index (χ2v) is 6.84. The maximum atomic E-state index is 13.0. The number of benzene rings is 1. The first-order valence-electron chi connectivity index (χ1n) is 9.81. The molecule has 0 spiro atoms. The van der Waals surface area contributed by atoms with Gasteiger partial charge in [0.25, 0.3) is 5.91 Å². The number of carbonyl (C=O) groups excluding carboxylic acids is 1. The Balaban J connectivity index is 1.90. The van der Waals surface area contributed by atoms with Gasteiger partial charge in [-0.2, -0.15) is 13.2 Å². The van der Waals surface area contributed by atoms with E-state index in [1.807, 2.05) is 19.1 Å². The van der Waals surface area contributed by atoms with Gasteiger partial charge < -0.3 is 20.9 Å². The number of alkyl halides is 3. The van der Waals surface area contributed by atoms with Gasteiger partial charge in [0, 0.05) is 45.5 Å².